The molecule has 1 aromatic heterocycles. The van der Waals surface area contributed by atoms with Crippen LogP contribution in [0.4, 0.5) is 0 Å². The number of nitrogens with one attached hydrogen (secondary N) is 1. The van der Waals surface area contributed by atoms with Gasteiger partial charge in [0.1, 0.15) is 0 Å². The molecule has 14 heavy (non-hydrogen) atoms. The summed E-state index contributed by atoms with van der Waals surface area (Å²) >= 11 is 0. The maximum Gasteiger partial charge on any atom is 0.0489 e. The second-order valence-corrected chi connectivity index (χ2v) is 4.45. The average molecular weight is 193 g/mol. The molecule has 3 nitrogen and oxygen atoms in total. The molecule has 1 aromatic rings. The van der Waals surface area contributed by atoms with E-state index in [4.69, 9.17) is 0 Å². The Morgan fingerprint density at radius 3 is 3.00 bits per heavy atom. The van der Waals surface area contributed by atoms with Crippen LogP contribution in [0.2, 0.25) is 0 Å². The molecule has 1 heterocycles. The number of aromatic nitrogens is 2. The fraction of sp³-hybridized carbons (Fsp3) is 0.727. The Morgan fingerprint density at radius 2 is 2.43 bits per heavy atom. The average Bonchev–Trinajstić information content (AvgIpc) is 2.71. The predicted molar refractivity (Wildman–Crippen MR) is 57.0 cm³/mol. The minimum absolute atomic E-state index is 0.606. The Morgan fingerprint density at radius 1 is 1.64 bits per heavy atom. The van der Waals surface area contributed by atoms with Crippen LogP contribution >= 0.6 is 0 Å². The van der Waals surface area contributed by atoms with Crippen molar-refractivity contribution >= 4 is 0 Å². The minimum atomic E-state index is 0.606. The highest BCUT2D eigenvalue weighted by Gasteiger charge is 2.32. The van der Waals surface area contributed by atoms with Gasteiger partial charge in [-0.3, -0.25) is 4.68 Å². The van der Waals surface area contributed by atoms with Gasteiger partial charge in [0.15, 0.2) is 0 Å². The highest BCUT2D eigenvalue weighted by molar-refractivity contribution is 4.91. The zero-order valence-electron chi connectivity index (χ0n) is 8.98. The summed E-state index contributed by atoms with van der Waals surface area (Å²) in [6.07, 6.45) is 6.37. The molecule has 3 unspecified atom stereocenters. The lowest BCUT2D eigenvalue weighted by Gasteiger charge is -2.13. The van der Waals surface area contributed by atoms with E-state index in [-0.39, 0.29) is 0 Å². The van der Waals surface area contributed by atoms with Crippen molar-refractivity contribution in [2.45, 2.75) is 45.3 Å². The Labute approximate surface area is 85.5 Å². The first kappa shape index (κ1) is 9.71. The second kappa shape index (κ2) is 4.13. The molecule has 0 saturated heterocycles. The molecule has 0 bridgehead atoms. The van der Waals surface area contributed by atoms with E-state index in [1.54, 1.807) is 0 Å². The first-order chi connectivity index (χ1) is 6.75. The van der Waals surface area contributed by atoms with Gasteiger partial charge < -0.3 is 5.32 Å². The Bertz CT molecular complexity index is 268. The molecule has 1 N–H and O–H groups in total. The molecule has 1 aliphatic rings. The third-order valence-corrected chi connectivity index (χ3v) is 2.96. The summed E-state index contributed by atoms with van der Waals surface area (Å²) in [6.45, 7) is 5.58. The highest BCUT2D eigenvalue weighted by atomic mass is 15.3. The van der Waals surface area contributed by atoms with Crippen molar-refractivity contribution in [1.82, 2.24) is 15.1 Å². The van der Waals surface area contributed by atoms with Crippen LogP contribution < -0.4 is 5.32 Å². The zero-order valence-corrected chi connectivity index (χ0v) is 8.98. The molecule has 0 amide bonds. The van der Waals surface area contributed by atoms with Crippen molar-refractivity contribution < 1.29 is 0 Å². The lowest BCUT2D eigenvalue weighted by atomic mass is 10.2. The van der Waals surface area contributed by atoms with E-state index in [2.05, 4.69) is 24.3 Å². The molecule has 1 saturated carbocycles. The van der Waals surface area contributed by atoms with Crippen LogP contribution in [0.15, 0.2) is 18.5 Å². The van der Waals surface area contributed by atoms with Gasteiger partial charge in [0.25, 0.3) is 0 Å². The molecule has 3 heteroatoms. The molecule has 1 fully saturated rings. The van der Waals surface area contributed by atoms with Gasteiger partial charge in [-0.15, -0.1) is 0 Å². The fourth-order valence-electron chi connectivity index (χ4n) is 1.76. The monoisotopic (exact) mass is 193 g/mol. The zero-order chi connectivity index (χ0) is 9.97. The van der Waals surface area contributed by atoms with E-state index in [0.717, 1.165) is 24.9 Å². The second-order valence-electron chi connectivity index (χ2n) is 4.45. The Hall–Kier alpha value is -0.830. The van der Waals surface area contributed by atoms with Gasteiger partial charge in [0, 0.05) is 31.0 Å². The molecular formula is C11H19N3. The summed E-state index contributed by atoms with van der Waals surface area (Å²) in [7, 11) is 0. The van der Waals surface area contributed by atoms with Gasteiger partial charge >= 0.3 is 0 Å². The molecule has 0 aliphatic heterocycles. The number of rotatable bonds is 5. The highest BCUT2D eigenvalue weighted by Crippen LogP contribution is 2.29. The molecule has 3 atom stereocenters. The smallest absolute Gasteiger partial charge is 0.0489 e. The number of aryl methyl sites for hydroxylation is 1. The lowest BCUT2D eigenvalue weighted by Crippen LogP contribution is -2.30. The Kier molecular flexibility index (Phi) is 2.87. The first-order valence-electron chi connectivity index (χ1n) is 5.49. The number of hydrogen-bond donors (Lipinski definition) is 1. The van der Waals surface area contributed by atoms with Crippen LogP contribution in [0.1, 0.15) is 26.7 Å². The van der Waals surface area contributed by atoms with Gasteiger partial charge in [-0.25, -0.2) is 0 Å². The molecule has 2 rings (SSSR count). The quantitative estimate of drug-likeness (QED) is 0.770. The lowest BCUT2D eigenvalue weighted by molar-refractivity contribution is 0.450. The van der Waals surface area contributed by atoms with Crippen LogP contribution in [0.3, 0.4) is 0 Å². The largest absolute Gasteiger partial charge is 0.311 e. The van der Waals surface area contributed by atoms with E-state index in [9.17, 15) is 0 Å². The summed E-state index contributed by atoms with van der Waals surface area (Å²) in [4.78, 5) is 0. The van der Waals surface area contributed by atoms with Crippen molar-refractivity contribution in [3.63, 3.8) is 0 Å². The van der Waals surface area contributed by atoms with Gasteiger partial charge in [0.05, 0.1) is 0 Å². The van der Waals surface area contributed by atoms with Crippen LogP contribution in [0.5, 0.6) is 0 Å². The van der Waals surface area contributed by atoms with Crippen molar-refractivity contribution in [2.75, 3.05) is 0 Å². The van der Waals surface area contributed by atoms with Crippen LogP contribution in [0.25, 0.3) is 0 Å². The topological polar surface area (TPSA) is 29.9 Å². The van der Waals surface area contributed by atoms with E-state index < -0.39 is 0 Å². The van der Waals surface area contributed by atoms with Gasteiger partial charge in [-0.1, -0.05) is 6.92 Å². The van der Waals surface area contributed by atoms with E-state index in [1.165, 1.54) is 6.42 Å². The summed E-state index contributed by atoms with van der Waals surface area (Å²) in [5, 5.41) is 7.81. The van der Waals surface area contributed by atoms with Crippen LogP contribution in [-0.2, 0) is 6.54 Å². The van der Waals surface area contributed by atoms with Gasteiger partial charge in [0.2, 0.25) is 0 Å². The predicted octanol–water partition coefficient (Wildman–Crippen LogP) is 1.66. The maximum absolute atomic E-state index is 4.19. The van der Waals surface area contributed by atoms with E-state index >= 15 is 0 Å². The van der Waals surface area contributed by atoms with Gasteiger partial charge in [-0.05, 0) is 31.7 Å². The fourth-order valence-corrected chi connectivity index (χ4v) is 1.76. The molecule has 0 aromatic carbocycles. The third-order valence-electron chi connectivity index (χ3n) is 2.96. The number of hydrogen-bond acceptors (Lipinski definition) is 2. The van der Waals surface area contributed by atoms with E-state index in [1.807, 2.05) is 23.1 Å². The molecular weight excluding hydrogens is 174 g/mol. The third kappa shape index (κ3) is 2.58. The number of nitrogens with zero attached hydrogens (tertiary/aromatic N) is 2. The summed E-state index contributed by atoms with van der Waals surface area (Å²) < 4.78 is 1.99. The molecule has 0 radical (unpaired) electrons. The van der Waals surface area contributed by atoms with Crippen molar-refractivity contribution in [3.8, 4) is 0 Å². The van der Waals surface area contributed by atoms with E-state index in [0.29, 0.717) is 6.04 Å². The Balaban J connectivity index is 1.65. The summed E-state index contributed by atoms with van der Waals surface area (Å²) in [5.41, 5.74) is 0. The molecule has 0 spiro atoms. The minimum Gasteiger partial charge on any atom is -0.311 e. The summed E-state index contributed by atoms with van der Waals surface area (Å²) in [5.74, 6) is 0.891. The van der Waals surface area contributed by atoms with Crippen molar-refractivity contribution in [3.05, 3.63) is 18.5 Å². The molecule has 78 valence electrons. The SMILES string of the molecule is CC(CCn1cccn1)NC1CC1C. The normalized spacial score (nSPS) is 27.6. The van der Waals surface area contributed by atoms with Crippen molar-refractivity contribution in [2.24, 2.45) is 5.92 Å². The van der Waals surface area contributed by atoms with Gasteiger partial charge in [-0.2, -0.15) is 5.10 Å². The summed E-state index contributed by atoms with van der Waals surface area (Å²) in [6, 6.07) is 3.36. The maximum atomic E-state index is 4.19. The van der Waals surface area contributed by atoms with Crippen LogP contribution in [0, 0.1) is 5.92 Å². The van der Waals surface area contributed by atoms with Crippen LogP contribution in [-0.4, -0.2) is 21.9 Å². The standard InChI is InChI=1S/C11H19N3/c1-9-8-11(9)13-10(2)4-7-14-6-3-5-12-14/h3,5-6,9-11,13H,4,7-8H2,1-2H3. The first-order valence-corrected chi connectivity index (χ1v) is 5.49. The van der Waals surface area contributed by atoms with Crippen molar-refractivity contribution in [1.29, 1.82) is 0 Å². The molecule has 1 aliphatic carbocycles.